The van der Waals surface area contributed by atoms with Crippen LogP contribution < -0.4 is 4.74 Å². The minimum atomic E-state index is -2.33. The van der Waals surface area contributed by atoms with Gasteiger partial charge in [0.15, 0.2) is 6.61 Å². The van der Waals surface area contributed by atoms with Gasteiger partial charge in [0.25, 0.3) is 0 Å². The van der Waals surface area contributed by atoms with Gasteiger partial charge in [-0.3, -0.25) is 0 Å². The molecule has 7 nitrogen and oxygen atoms in total. The Kier molecular flexibility index (Phi) is 8.92. The highest BCUT2D eigenvalue weighted by Gasteiger charge is 2.37. The molecule has 0 aliphatic heterocycles. The first-order valence-corrected chi connectivity index (χ1v) is 8.75. The summed E-state index contributed by atoms with van der Waals surface area (Å²) in [6, 6.07) is 7.18. The lowest BCUT2D eigenvalue weighted by Gasteiger charge is -2.31. The van der Waals surface area contributed by atoms with E-state index >= 15 is 0 Å². The van der Waals surface area contributed by atoms with Gasteiger partial charge in [0.2, 0.25) is 0 Å². The van der Waals surface area contributed by atoms with Crippen LogP contribution in [0, 0.1) is 0 Å². The van der Waals surface area contributed by atoms with Gasteiger partial charge in [-0.25, -0.2) is 4.79 Å². The third-order valence-electron chi connectivity index (χ3n) is 3.46. The minimum absolute atomic E-state index is 0.0904. The Balaban J connectivity index is 2.92. The van der Waals surface area contributed by atoms with Crippen LogP contribution in [0.2, 0.25) is 0 Å². The highest BCUT2D eigenvalue weighted by molar-refractivity contribution is 5.87. The largest absolute Gasteiger partial charge is 0.428 e. The van der Waals surface area contributed by atoms with Gasteiger partial charge in [-0.1, -0.05) is 45.5 Å². The number of benzene rings is 1. The molecule has 1 unspecified atom stereocenters. The minimum Gasteiger partial charge on any atom is -0.428 e. The van der Waals surface area contributed by atoms with E-state index in [-0.39, 0.29) is 37.4 Å². The summed E-state index contributed by atoms with van der Waals surface area (Å²) < 4.78 is 21.2. The maximum absolute atomic E-state index is 11.9. The smallest absolute Gasteiger partial charge is 0.396 e. The van der Waals surface area contributed by atoms with E-state index in [0.29, 0.717) is 5.75 Å². The predicted octanol–water partition coefficient (Wildman–Crippen LogP) is 2.15. The molecular formula is C20H30O7. The maximum Gasteiger partial charge on any atom is 0.396 e. The lowest BCUT2D eigenvalue weighted by Crippen LogP contribution is -2.46. The molecule has 1 atom stereocenters. The van der Waals surface area contributed by atoms with E-state index in [1.165, 1.54) is 6.92 Å². The zero-order valence-corrected chi connectivity index (χ0v) is 16.5. The molecule has 1 rings (SSSR count). The van der Waals surface area contributed by atoms with E-state index in [9.17, 15) is 9.90 Å². The first-order chi connectivity index (χ1) is 12.6. The zero-order chi connectivity index (χ0) is 20.5. The van der Waals surface area contributed by atoms with Crippen LogP contribution in [0.15, 0.2) is 36.4 Å². The normalized spacial score (nSPS) is 13.7. The van der Waals surface area contributed by atoms with Crippen LogP contribution in [0.1, 0.15) is 33.3 Å². The average Bonchev–Trinajstić information content (AvgIpc) is 2.57. The molecule has 7 heteroatoms. The molecule has 0 spiro atoms. The number of hydrogen-bond donors (Lipinski definition) is 2. The molecule has 0 heterocycles. The van der Waals surface area contributed by atoms with Crippen molar-refractivity contribution in [3.63, 3.8) is 0 Å². The molecule has 0 fully saturated rings. The molecule has 152 valence electrons. The average molecular weight is 382 g/mol. The van der Waals surface area contributed by atoms with Crippen molar-refractivity contribution >= 4 is 5.97 Å². The number of hydrogen-bond acceptors (Lipinski definition) is 7. The molecule has 0 saturated carbocycles. The van der Waals surface area contributed by atoms with Crippen molar-refractivity contribution in [2.45, 2.75) is 39.1 Å². The van der Waals surface area contributed by atoms with Crippen molar-refractivity contribution in [3.8, 4) is 5.75 Å². The van der Waals surface area contributed by atoms with E-state index in [2.05, 4.69) is 6.58 Å². The number of para-hydroxylation sites is 1. The molecule has 1 aromatic carbocycles. The number of carbonyl (C=O) groups excluding carboxylic acids is 1. The molecule has 2 N–H and O–H groups in total. The summed E-state index contributed by atoms with van der Waals surface area (Å²) in [5.74, 6) is -2.75. The lowest BCUT2D eigenvalue weighted by atomic mass is 9.86. The Morgan fingerprint density at radius 1 is 1.11 bits per heavy atom. The molecule has 0 aromatic heterocycles. The molecule has 1 aromatic rings. The second-order valence-corrected chi connectivity index (χ2v) is 7.12. The molecule has 0 radical (unpaired) electrons. The zero-order valence-electron chi connectivity index (χ0n) is 16.5. The van der Waals surface area contributed by atoms with Crippen molar-refractivity contribution in [3.05, 3.63) is 42.0 Å². The van der Waals surface area contributed by atoms with Gasteiger partial charge < -0.3 is 29.2 Å². The summed E-state index contributed by atoms with van der Waals surface area (Å²) in [7, 11) is 0. The monoisotopic (exact) mass is 382 g/mol. The topological polar surface area (TPSA) is 94.5 Å². The van der Waals surface area contributed by atoms with Gasteiger partial charge in [-0.2, -0.15) is 0 Å². The van der Waals surface area contributed by atoms with Gasteiger partial charge in [-0.05, 0) is 24.0 Å². The summed E-state index contributed by atoms with van der Waals surface area (Å²) >= 11 is 0. The first kappa shape index (κ1) is 23.1. The number of ether oxygens (including phenoxy) is 4. The van der Waals surface area contributed by atoms with Crippen LogP contribution in [0.25, 0.3) is 0 Å². The van der Waals surface area contributed by atoms with Gasteiger partial charge in [0.1, 0.15) is 5.75 Å². The Morgan fingerprint density at radius 2 is 1.74 bits per heavy atom. The number of aliphatic hydroxyl groups is 2. The Hall–Kier alpha value is -1.93. The van der Waals surface area contributed by atoms with Crippen molar-refractivity contribution in [1.82, 2.24) is 0 Å². The van der Waals surface area contributed by atoms with Crippen LogP contribution in [-0.4, -0.2) is 55.2 Å². The lowest BCUT2D eigenvalue weighted by molar-refractivity contribution is -0.320. The van der Waals surface area contributed by atoms with Crippen molar-refractivity contribution in [1.29, 1.82) is 0 Å². The SMILES string of the molecule is C=C(C)C(=O)OC(O)(COCCOCCO)Oc1ccccc1C(C)(C)C. The van der Waals surface area contributed by atoms with Gasteiger partial charge in [-0.15, -0.1) is 0 Å². The third kappa shape index (κ3) is 8.09. The molecular weight excluding hydrogens is 352 g/mol. The van der Waals surface area contributed by atoms with E-state index in [0.717, 1.165) is 5.56 Å². The van der Waals surface area contributed by atoms with E-state index in [1.807, 2.05) is 32.9 Å². The number of rotatable bonds is 11. The van der Waals surface area contributed by atoms with Crippen molar-refractivity contribution < 1.29 is 34.0 Å². The number of esters is 1. The molecule has 27 heavy (non-hydrogen) atoms. The van der Waals surface area contributed by atoms with Gasteiger partial charge >= 0.3 is 11.9 Å². The maximum atomic E-state index is 11.9. The molecule has 0 amide bonds. The van der Waals surface area contributed by atoms with Crippen LogP contribution in [-0.2, 0) is 24.4 Å². The van der Waals surface area contributed by atoms with Crippen LogP contribution in [0.3, 0.4) is 0 Å². The van der Waals surface area contributed by atoms with E-state index in [1.54, 1.807) is 12.1 Å². The second kappa shape index (κ2) is 10.4. The van der Waals surface area contributed by atoms with Gasteiger partial charge in [0.05, 0.1) is 26.4 Å². The second-order valence-electron chi connectivity index (χ2n) is 7.12. The highest BCUT2D eigenvalue weighted by Crippen LogP contribution is 2.33. The first-order valence-electron chi connectivity index (χ1n) is 8.75. The standard InChI is InChI=1S/C20H30O7/c1-15(2)18(22)27-20(23,14-25-13-12-24-11-10-21)26-17-9-7-6-8-16(17)19(3,4)5/h6-9,21,23H,1,10-14H2,2-5H3. The fourth-order valence-corrected chi connectivity index (χ4v) is 2.14. The number of aliphatic hydroxyl groups excluding tert-OH is 1. The molecule has 0 saturated heterocycles. The summed E-state index contributed by atoms with van der Waals surface area (Å²) in [6.45, 7) is 11.0. The van der Waals surface area contributed by atoms with Gasteiger partial charge in [0, 0.05) is 5.57 Å². The summed E-state index contributed by atoms with van der Waals surface area (Å²) in [4.78, 5) is 11.9. The van der Waals surface area contributed by atoms with Crippen LogP contribution in [0.4, 0.5) is 0 Å². The fourth-order valence-electron chi connectivity index (χ4n) is 2.14. The third-order valence-corrected chi connectivity index (χ3v) is 3.46. The molecule has 0 aliphatic carbocycles. The van der Waals surface area contributed by atoms with Crippen LogP contribution in [0.5, 0.6) is 5.75 Å². The quantitative estimate of drug-likeness (QED) is 0.262. The Bertz CT molecular complexity index is 621. The Labute approximate surface area is 160 Å². The van der Waals surface area contributed by atoms with E-state index < -0.39 is 18.5 Å². The number of carbonyl (C=O) groups is 1. The summed E-state index contributed by atoms with van der Waals surface area (Å²) in [5.41, 5.74) is 0.697. The Morgan fingerprint density at radius 3 is 2.33 bits per heavy atom. The fraction of sp³-hybridized carbons (Fsp3) is 0.550. The predicted molar refractivity (Wildman–Crippen MR) is 100 cm³/mol. The van der Waals surface area contributed by atoms with Crippen molar-refractivity contribution in [2.24, 2.45) is 0 Å². The van der Waals surface area contributed by atoms with E-state index in [4.69, 9.17) is 24.1 Å². The molecule has 0 aliphatic rings. The summed E-state index contributed by atoms with van der Waals surface area (Å²) in [6.07, 6.45) is 0. The van der Waals surface area contributed by atoms with Crippen LogP contribution >= 0.6 is 0 Å². The molecule has 0 bridgehead atoms. The summed E-state index contributed by atoms with van der Waals surface area (Å²) in [5, 5.41) is 19.4. The van der Waals surface area contributed by atoms with Crippen molar-refractivity contribution in [2.75, 3.05) is 33.0 Å². The highest BCUT2D eigenvalue weighted by atomic mass is 16.8.